The molecule has 0 radical (unpaired) electrons. The number of hydrogen-bond acceptors (Lipinski definition) is 4. The summed E-state index contributed by atoms with van der Waals surface area (Å²) >= 11 is 0. The minimum absolute atomic E-state index is 0.0835. The number of hydrogen-bond donors (Lipinski definition) is 2. The highest BCUT2D eigenvalue weighted by atomic mass is 16.7. The number of aliphatic hydroxyl groups excluding tert-OH is 1. The molecule has 0 spiro atoms. The average Bonchev–Trinajstić information content (AvgIpc) is 2.28. The van der Waals surface area contributed by atoms with E-state index in [1.165, 1.54) is 0 Å². The second-order valence-corrected chi connectivity index (χ2v) is 3.98. The summed E-state index contributed by atoms with van der Waals surface area (Å²) < 4.78 is 10.8. The van der Waals surface area contributed by atoms with Crippen molar-refractivity contribution in [1.82, 2.24) is 0 Å². The molecule has 1 aliphatic heterocycles. The fraction of sp³-hybridized carbons (Fsp3) is 0.818. The maximum Gasteiger partial charge on any atom is 0.157 e. The zero-order valence-electron chi connectivity index (χ0n) is 9.02. The van der Waals surface area contributed by atoms with Crippen LogP contribution in [0.3, 0.4) is 0 Å². The van der Waals surface area contributed by atoms with Gasteiger partial charge in [-0.3, -0.25) is 0 Å². The van der Waals surface area contributed by atoms with Crippen LogP contribution in [-0.4, -0.2) is 41.9 Å². The number of ether oxygens (including phenoxy) is 2. The second-order valence-electron chi connectivity index (χ2n) is 3.98. The Morgan fingerprint density at radius 3 is 2.87 bits per heavy atom. The van der Waals surface area contributed by atoms with Crippen molar-refractivity contribution in [1.29, 1.82) is 0 Å². The van der Waals surface area contributed by atoms with Crippen LogP contribution in [0.5, 0.6) is 0 Å². The molecule has 0 aromatic carbocycles. The summed E-state index contributed by atoms with van der Waals surface area (Å²) in [6.07, 6.45) is 4.66. The molecule has 1 unspecified atom stereocenters. The summed E-state index contributed by atoms with van der Waals surface area (Å²) in [7, 11) is 0. The van der Waals surface area contributed by atoms with E-state index in [9.17, 15) is 5.11 Å². The molecule has 0 saturated carbocycles. The van der Waals surface area contributed by atoms with Crippen LogP contribution in [0.2, 0.25) is 0 Å². The van der Waals surface area contributed by atoms with Crippen LogP contribution in [0.1, 0.15) is 25.7 Å². The third-order valence-corrected chi connectivity index (χ3v) is 2.49. The smallest absolute Gasteiger partial charge is 0.157 e. The van der Waals surface area contributed by atoms with Crippen LogP contribution >= 0.6 is 0 Å². The summed E-state index contributed by atoms with van der Waals surface area (Å²) in [4.78, 5) is 0. The molecule has 4 nitrogen and oxygen atoms in total. The van der Waals surface area contributed by atoms with Crippen molar-refractivity contribution in [3.8, 4) is 0 Å². The van der Waals surface area contributed by atoms with E-state index in [0.29, 0.717) is 13.0 Å². The minimum atomic E-state index is -1.22. The van der Waals surface area contributed by atoms with Crippen molar-refractivity contribution in [3.05, 3.63) is 12.7 Å². The molecule has 4 heteroatoms. The van der Waals surface area contributed by atoms with Crippen molar-refractivity contribution < 1.29 is 19.7 Å². The fourth-order valence-corrected chi connectivity index (χ4v) is 1.53. The van der Waals surface area contributed by atoms with Gasteiger partial charge in [0.2, 0.25) is 0 Å². The third kappa shape index (κ3) is 4.30. The molecule has 0 aromatic rings. The van der Waals surface area contributed by atoms with Gasteiger partial charge in [0.05, 0.1) is 13.2 Å². The molecule has 0 bridgehead atoms. The van der Waals surface area contributed by atoms with Gasteiger partial charge in [0, 0.05) is 6.61 Å². The van der Waals surface area contributed by atoms with Crippen LogP contribution in [0, 0.1) is 0 Å². The van der Waals surface area contributed by atoms with Crippen molar-refractivity contribution in [2.75, 3.05) is 19.8 Å². The predicted octanol–water partition coefficient (Wildman–Crippen LogP) is 0.829. The molecule has 1 rings (SSSR count). The van der Waals surface area contributed by atoms with Gasteiger partial charge in [-0.05, 0) is 25.7 Å². The van der Waals surface area contributed by atoms with E-state index in [-0.39, 0.29) is 19.5 Å². The molecule has 1 fully saturated rings. The first kappa shape index (κ1) is 12.6. The van der Waals surface area contributed by atoms with Crippen molar-refractivity contribution >= 4 is 0 Å². The molecule has 0 aromatic heterocycles. The Morgan fingerprint density at radius 1 is 1.53 bits per heavy atom. The Bertz CT molecular complexity index is 189. The van der Waals surface area contributed by atoms with Gasteiger partial charge in [-0.25, -0.2) is 0 Å². The van der Waals surface area contributed by atoms with E-state index in [0.717, 1.165) is 19.3 Å². The van der Waals surface area contributed by atoms with Crippen LogP contribution in [0.4, 0.5) is 0 Å². The number of aliphatic hydroxyl groups is 2. The Hall–Kier alpha value is -0.420. The summed E-state index contributed by atoms with van der Waals surface area (Å²) in [5.74, 6) is 0. The lowest BCUT2D eigenvalue weighted by molar-refractivity contribution is -0.196. The Morgan fingerprint density at radius 2 is 2.33 bits per heavy atom. The quantitative estimate of drug-likeness (QED) is 0.646. The average molecular weight is 216 g/mol. The molecule has 2 N–H and O–H groups in total. The van der Waals surface area contributed by atoms with E-state index in [1.807, 2.05) is 0 Å². The van der Waals surface area contributed by atoms with Gasteiger partial charge in [0.25, 0.3) is 0 Å². The molecule has 0 aliphatic carbocycles. The highest BCUT2D eigenvalue weighted by molar-refractivity contribution is 4.86. The van der Waals surface area contributed by atoms with Gasteiger partial charge in [-0.1, -0.05) is 6.08 Å². The van der Waals surface area contributed by atoms with E-state index in [4.69, 9.17) is 14.6 Å². The molecule has 2 atom stereocenters. The summed E-state index contributed by atoms with van der Waals surface area (Å²) in [6.45, 7) is 4.00. The van der Waals surface area contributed by atoms with Crippen LogP contribution in [-0.2, 0) is 9.47 Å². The summed E-state index contributed by atoms with van der Waals surface area (Å²) in [5, 5.41) is 18.9. The van der Waals surface area contributed by atoms with Crippen LogP contribution in [0.25, 0.3) is 0 Å². The molecule has 1 aliphatic rings. The molecule has 0 amide bonds. The van der Waals surface area contributed by atoms with Crippen molar-refractivity contribution in [3.63, 3.8) is 0 Å². The lowest BCUT2D eigenvalue weighted by Gasteiger charge is -2.29. The molecule has 1 heterocycles. The van der Waals surface area contributed by atoms with Gasteiger partial charge >= 0.3 is 0 Å². The van der Waals surface area contributed by atoms with E-state index >= 15 is 0 Å². The van der Waals surface area contributed by atoms with Gasteiger partial charge in [-0.15, -0.1) is 6.58 Å². The summed E-state index contributed by atoms with van der Waals surface area (Å²) in [6, 6.07) is 0. The SMILES string of the molecule is C=CC[C@@](O)(CO)COC1CCCCO1. The Kier molecular flexibility index (Phi) is 5.25. The van der Waals surface area contributed by atoms with E-state index in [1.54, 1.807) is 6.08 Å². The Balaban J connectivity index is 2.28. The third-order valence-electron chi connectivity index (χ3n) is 2.49. The summed E-state index contributed by atoms with van der Waals surface area (Å²) in [5.41, 5.74) is -1.22. The highest BCUT2D eigenvalue weighted by Crippen LogP contribution is 2.17. The zero-order chi connectivity index (χ0) is 11.1. The molecular formula is C11H20O4. The maximum atomic E-state index is 9.85. The highest BCUT2D eigenvalue weighted by Gasteiger charge is 2.27. The molecule has 15 heavy (non-hydrogen) atoms. The minimum Gasteiger partial charge on any atom is -0.393 e. The number of rotatable bonds is 6. The van der Waals surface area contributed by atoms with Gasteiger partial charge < -0.3 is 19.7 Å². The first-order valence-electron chi connectivity index (χ1n) is 5.37. The zero-order valence-corrected chi connectivity index (χ0v) is 9.02. The van der Waals surface area contributed by atoms with Crippen LogP contribution in [0.15, 0.2) is 12.7 Å². The molecule has 1 saturated heterocycles. The largest absolute Gasteiger partial charge is 0.393 e. The van der Waals surface area contributed by atoms with Crippen molar-refractivity contribution in [2.45, 2.75) is 37.6 Å². The van der Waals surface area contributed by atoms with Gasteiger partial charge in [-0.2, -0.15) is 0 Å². The second kappa shape index (κ2) is 6.23. The predicted molar refractivity (Wildman–Crippen MR) is 56.4 cm³/mol. The fourth-order valence-electron chi connectivity index (χ4n) is 1.53. The van der Waals surface area contributed by atoms with E-state index < -0.39 is 5.60 Å². The standard InChI is InChI=1S/C11H20O4/c1-2-6-11(13,8-12)9-15-10-5-3-4-7-14-10/h2,10,12-13H,1,3-9H2/t10?,11-/m1/s1. The first-order valence-corrected chi connectivity index (χ1v) is 5.37. The van der Waals surface area contributed by atoms with Crippen LogP contribution < -0.4 is 0 Å². The lowest BCUT2D eigenvalue weighted by atomic mass is 10.0. The normalized spacial score (nSPS) is 25.9. The molecule has 88 valence electrons. The first-order chi connectivity index (χ1) is 7.20. The van der Waals surface area contributed by atoms with Gasteiger partial charge in [0.15, 0.2) is 6.29 Å². The Labute approximate surface area is 90.5 Å². The topological polar surface area (TPSA) is 58.9 Å². The van der Waals surface area contributed by atoms with Gasteiger partial charge in [0.1, 0.15) is 5.60 Å². The monoisotopic (exact) mass is 216 g/mol. The van der Waals surface area contributed by atoms with E-state index in [2.05, 4.69) is 6.58 Å². The maximum absolute atomic E-state index is 9.85. The molecular weight excluding hydrogens is 196 g/mol. The van der Waals surface area contributed by atoms with Crippen molar-refractivity contribution in [2.24, 2.45) is 0 Å². The lowest BCUT2D eigenvalue weighted by Crippen LogP contribution is -2.40.